The predicted octanol–water partition coefficient (Wildman–Crippen LogP) is 2.64. The number of piperazine rings is 1. The Kier molecular flexibility index (Phi) is 4.19. The number of pyridine rings is 1. The fourth-order valence-electron chi connectivity index (χ4n) is 3.08. The molecule has 3 heterocycles. The SMILES string of the molecule is O=C(c1ccc(Cl)c2cccnc12)N1CCN(c2cccnn2)CC1. The summed E-state index contributed by atoms with van der Waals surface area (Å²) in [4.78, 5) is 21.3. The number of hydrogen-bond donors (Lipinski definition) is 0. The van der Waals surface area contributed by atoms with E-state index in [1.807, 2.05) is 29.2 Å². The van der Waals surface area contributed by atoms with Crippen molar-refractivity contribution >= 4 is 34.2 Å². The van der Waals surface area contributed by atoms with Crippen molar-refractivity contribution in [3.63, 3.8) is 0 Å². The molecule has 0 atom stereocenters. The second-order valence-electron chi connectivity index (χ2n) is 5.86. The molecule has 0 spiro atoms. The Labute approximate surface area is 150 Å². The molecule has 0 N–H and O–H groups in total. The van der Waals surface area contributed by atoms with Gasteiger partial charge in [0.2, 0.25) is 0 Å². The van der Waals surface area contributed by atoms with Crippen molar-refractivity contribution in [3.8, 4) is 0 Å². The quantitative estimate of drug-likeness (QED) is 0.708. The van der Waals surface area contributed by atoms with E-state index in [1.54, 1.807) is 24.5 Å². The number of fused-ring (bicyclic) bond motifs is 1. The number of aromatic nitrogens is 3. The summed E-state index contributed by atoms with van der Waals surface area (Å²) < 4.78 is 0. The molecule has 0 radical (unpaired) electrons. The zero-order chi connectivity index (χ0) is 17.2. The van der Waals surface area contributed by atoms with Crippen molar-refractivity contribution in [1.82, 2.24) is 20.1 Å². The highest BCUT2D eigenvalue weighted by Gasteiger charge is 2.24. The van der Waals surface area contributed by atoms with Crippen molar-refractivity contribution in [2.45, 2.75) is 0 Å². The fourth-order valence-corrected chi connectivity index (χ4v) is 3.30. The van der Waals surface area contributed by atoms with Crippen LogP contribution in [0.25, 0.3) is 10.9 Å². The van der Waals surface area contributed by atoms with Crippen LogP contribution in [0.5, 0.6) is 0 Å². The summed E-state index contributed by atoms with van der Waals surface area (Å²) in [5.41, 5.74) is 1.24. The summed E-state index contributed by atoms with van der Waals surface area (Å²) >= 11 is 6.22. The van der Waals surface area contributed by atoms with Crippen molar-refractivity contribution < 1.29 is 4.79 Å². The van der Waals surface area contributed by atoms with Crippen LogP contribution in [0.15, 0.2) is 48.8 Å². The summed E-state index contributed by atoms with van der Waals surface area (Å²) in [6.07, 6.45) is 3.34. The standard InChI is InChI=1S/C18H16ClN5O/c19-15-6-5-14(17-13(15)3-1-7-20-17)18(25)24-11-9-23(10-12-24)16-4-2-8-21-22-16/h1-8H,9-12H2. The van der Waals surface area contributed by atoms with Gasteiger partial charge in [-0.1, -0.05) is 11.6 Å². The van der Waals surface area contributed by atoms with Gasteiger partial charge >= 0.3 is 0 Å². The van der Waals surface area contributed by atoms with E-state index < -0.39 is 0 Å². The van der Waals surface area contributed by atoms with Crippen LogP contribution in [0.4, 0.5) is 5.82 Å². The molecule has 7 heteroatoms. The van der Waals surface area contributed by atoms with E-state index in [0.29, 0.717) is 29.2 Å². The second-order valence-corrected chi connectivity index (χ2v) is 6.26. The second kappa shape index (κ2) is 6.64. The highest BCUT2D eigenvalue weighted by atomic mass is 35.5. The molecule has 0 aliphatic carbocycles. The topological polar surface area (TPSA) is 62.2 Å². The van der Waals surface area contributed by atoms with E-state index in [4.69, 9.17) is 11.6 Å². The lowest BCUT2D eigenvalue weighted by Crippen LogP contribution is -2.49. The number of hydrogen-bond acceptors (Lipinski definition) is 5. The van der Waals surface area contributed by atoms with Crippen LogP contribution in [0.1, 0.15) is 10.4 Å². The van der Waals surface area contributed by atoms with Crippen molar-refractivity contribution in [2.24, 2.45) is 0 Å². The number of amides is 1. The first-order chi connectivity index (χ1) is 12.2. The molecule has 0 saturated carbocycles. The first kappa shape index (κ1) is 15.8. The normalized spacial score (nSPS) is 14.8. The summed E-state index contributed by atoms with van der Waals surface area (Å²) in [5.74, 6) is 0.826. The van der Waals surface area contributed by atoms with E-state index in [1.165, 1.54) is 0 Å². The maximum atomic E-state index is 13.0. The van der Waals surface area contributed by atoms with Crippen molar-refractivity contribution in [3.05, 3.63) is 59.4 Å². The number of anilines is 1. The van der Waals surface area contributed by atoms with Gasteiger partial charge in [-0.3, -0.25) is 9.78 Å². The highest BCUT2D eigenvalue weighted by molar-refractivity contribution is 6.36. The average molecular weight is 354 g/mol. The average Bonchev–Trinajstić information content (AvgIpc) is 2.69. The number of carbonyl (C=O) groups excluding carboxylic acids is 1. The minimum atomic E-state index is -0.0147. The Morgan fingerprint density at radius 3 is 2.56 bits per heavy atom. The Hall–Kier alpha value is -2.73. The van der Waals surface area contributed by atoms with Gasteiger partial charge < -0.3 is 9.80 Å². The Bertz CT molecular complexity index is 910. The maximum Gasteiger partial charge on any atom is 0.256 e. The molecule has 6 nitrogen and oxygen atoms in total. The summed E-state index contributed by atoms with van der Waals surface area (Å²) in [5, 5.41) is 9.44. The number of rotatable bonds is 2. The lowest BCUT2D eigenvalue weighted by atomic mass is 10.1. The number of nitrogens with zero attached hydrogens (tertiary/aromatic N) is 5. The van der Waals surface area contributed by atoms with Crippen molar-refractivity contribution in [1.29, 1.82) is 0 Å². The first-order valence-corrected chi connectivity index (χ1v) is 8.47. The molecule has 4 rings (SSSR count). The van der Waals surface area contributed by atoms with Crippen LogP contribution < -0.4 is 4.90 Å². The molecule has 1 aliphatic heterocycles. The molecule has 0 bridgehead atoms. The van der Waals surface area contributed by atoms with Gasteiger partial charge in [0.05, 0.1) is 16.1 Å². The van der Waals surface area contributed by atoms with Gasteiger partial charge in [-0.2, -0.15) is 5.10 Å². The van der Waals surface area contributed by atoms with E-state index in [9.17, 15) is 4.79 Å². The van der Waals surface area contributed by atoms with E-state index >= 15 is 0 Å². The Morgan fingerprint density at radius 1 is 1.00 bits per heavy atom. The van der Waals surface area contributed by atoms with Crippen LogP contribution in [0, 0.1) is 0 Å². The van der Waals surface area contributed by atoms with Crippen molar-refractivity contribution in [2.75, 3.05) is 31.1 Å². The molecule has 0 unspecified atom stereocenters. The molecule has 3 aromatic rings. The molecule has 25 heavy (non-hydrogen) atoms. The molecule has 1 amide bonds. The van der Waals surface area contributed by atoms with Gasteiger partial charge in [0.1, 0.15) is 0 Å². The molecule has 1 aliphatic rings. The van der Waals surface area contributed by atoms with Crippen LogP contribution in [0.2, 0.25) is 5.02 Å². The Morgan fingerprint density at radius 2 is 1.80 bits per heavy atom. The Balaban J connectivity index is 1.54. The van der Waals surface area contributed by atoms with Crippen LogP contribution >= 0.6 is 11.6 Å². The molecule has 2 aromatic heterocycles. The molecule has 1 aromatic carbocycles. The van der Waals surface area contributed by atoms with Gasteiger partial charge in [-0.05, 0) is 36.4 Å². The predicted molar refractivity (Wildman–Crippen MR) is 96.9 cm³/mol. The van der Waals surface area contributed by atoms with E-state index in [-0.39, 0.29) is 5.91 Å². The third-order valence-electron chi connectivity index (χ3n) is 4.40. The van der Waals surface area contributed by atoms with E-state index in [0.717, 1.165) is 24.3 Å². The highest BCUT2D eigenvalue weighted by Crippen LogP contribution is 2.26. The van der Waals surface area contributed by atoms with Crippen LogP contribution in [-0.4, -0.2) is 52.2 Å². The fraction of sp³-hybridized carbons (Fsp3) is 0.222. The van der Waals surface area contributed by atoms with Gasteiger partial charge in [0.25, 0.3) is 5.91 Å². The van der Waals surface area contributed by atoms with Gasteiger partial charge in [-0.15, -0.1) is 5.10 Å². The lowest BCUT2D eigenvalue weighted by molar-refractivity contribution is 0.0748. The third-order valence-corrected chi connectivity index (χ3v) is 4.73. The largest absolute Gasteiger partial charge is 0.352 e. The minimum absolute atomic E-state index is 0.0147. The lowest BCUT2D eigenvalue weighted by Gasteiger charge is -2.35. The molecular formula is C18H16ClN5O. The third kappa shape index (κ3) is 3.00. The number of benzene rings is 1. The molecule has 1 saturated heterocycles. The number of halogens is 1. The summed E-state index contributed by atoms with van der Waals surface area (Å²) in [6.45, 7) is 2.71. The van der Waals surface area contributed by atoms with Crippen LogP contribution in [0.3, 0.4) is 0 Å². The minimum Gasteiger partial charge on any atom is -0.352 e. The smallest absolute Gasteiger partial charge is 0.256 e. The molecular weight excluding hydrogens is 338 g/mol. The zero-order valence-corrected chi connectivity index (χ0v) is 14.2. The monoisotopic (exact) mass is 353 g/mol. The first-order valence-electron chi connectivity index (χ1n) is 8.09. The van der Waals surface area contributed by atoms with Crippen LogP contribution in [-0.2, 0) is 0 Å². The molecule has 1 fully saturated rings. The van der Waals surface area contributed by atoms with Gasteiger partial charge in [0, 0.05) is 44.0 Å². The summed E-state index contributed by atoms with van der Waals surface area (Å²) in [6, 6.07) is 11.0. The van der Waals surface area contributed by atoms with E-state index in [2.05, 4.69) is 20.1 Å². The van der Waals surface area contributed by atoms with Gasteiger partial charge in [0.15, 0.2) is 5.82 Å². The zero-order valence-electron chi connectivity index (χ0n) is 13.5. The summed E-state index contributed by atoms with van der Waals surface area (Å²) in [7, 11) is 0. The number of carbonyl (C=O) groups is 1. The maximum absolute atomic E-state index is 13.0. The molecule has 126 valence electrons. The van der Waals surface area contributed by atoms with Gasteiger partial charge in [-0.25, -0.2) is 0 Å².